The van der Waals surface area contributed by atoms with Gasteiger partial charge in [-0.05, 0) is 80.4 Å². The van der Waals surface area contributed by atoms with E-state index in [9.17, 15) is 0 Å². The van der Waals surface area contributed by atoms with E-state index in [0.717, 1.165) is 23.2 Å². The van der Waals surface area contributed by atoms with Crippen molar-refractivity contribution in [1.29, 1.82) is 0 Å². The van der Waals surface area contributed by atoms with Crippen molar-refractivity contribution in [2.24, 2.45) is 5.92 Å². The van der Waals surface area contributed by atoms with E-state index >= 15 is 0 Å². The quantitative estimate of drug-likeness (QED) is 0.601. The molecule has 2 unspecified atom stereocenters. The average Bonchev–Trinajstić information content (AvgIpc) is 3.18. The zero-order valence-electron chi connectivity index (χ0n) is 18.3. The molecule has 0 spiro atoms. The lowest BCUT2D eigenvalue weighted by Gasteiger charge is -2.29. The largest absolute Gasteiger partial charge is 0.352 e. The molecule has 0 aromatic carbocycles. The number of nitrogens with one attached hydrogen (secondary N) is 1. The van der Waals surface area contributed by atoms with Crippen LogP contribution < -0.4 is 5.32 Å². The van der Waals surface area contributed by atoms with E-state index < -0.39 is 0 Å². The minimum atomic E-state index is 0.0110. The molecule has 1 saturated heterocycles. The Kier molecular flexibility index (Phi) is 5.60. The van der Waals surface area contributed by atoms with E-state index in [1.807, 2.05) is 30.6 Å². The maximum Gasteiger partial charge on any atom is 0.170 e. The molecule has 6 heteroatoms. The number of nitrogens with zero attached hydrogens (tertiary/aromatic N) is 4. The summed E-state index contributed by atoms with van der Waals surface area (Å²) in [5, 5.41) is 4.34. The number of hydrogen-bond acceptors (Lipinski definition) is 3. The van der Waals surface area contributed by atoms with Crippen LogP contribution in [0.5, 0.6) is 0 Å². The third kappa shape index (κ3) is 3.72. The van der Waals surface area contributed by atoms with Crippen molar-refractivity contribution in [3.05, 3.63) is 77.0 Å². The minimum absolute atomic E-state index is 0.0110. The highest BCUT2D eigenvalue weighted by Gasteiger charge is 2.41. The lowest BCUT2D eigenvalue weighted by Crippen LogP contribution is -2.33. The van der Waals surface area contributed by atoms with Gasteiger partial charge in [0.15, 0.2) is 5.11 Å². The van der Waals surface area contributed by atoms with Crippen molar-refractivity contribution in [2.45, 2.75) is 46.7 Å². The molecule has 0 saturated carbocycles. The van der Waals surface area contributed by atoms with Crippen molar-refractivity contribution in [3.8, 4) is 5.82 Å². The smallest absolute Gasteiger partial charge is 0.170 e. The molecule has 2 atom stereocenters. The van der Waals surface area contributed by atoms with E-state index in [4.69, 9.17) is 12.2 Å². The molecular formula is C24H29N5S. The number of hydrogen-bond donors (Lipinski definition) is 1. The van der Waals surface area contributed by atoms with Crippen LogP contribution in [0.1, 0.15) is 54.1 Å². The molecule has 1 fully saturated rings. The first kappa shape index (κ1) is 20.5. The molecule has 1 N–H and O–H groups in total. The van der Waals surface area contributed by atoms with Gasteiger partial charge in [0.25, 0.3) is 0 Å². The second-order valence-electron chi connectivity index (χ2n) is 8.53. The van der Waals surface area contributed by atoms with Crippen molar-refractivity contribution >= 4 is 17.3 Å². The summed E-state index contributed by atoms with van der Waals surface area (Å²) >= 11 is 5.77. The Morgan fingerprint density at radius 2 is 1.87 bits per heavy atom. The van der Waals surface area contributed by atoms with E-state index in [1.54, 1.807) is 0 Å². The highest BCUT2D eigenvalue weighted by molar-refractivity contribution is 7.80. The van der Waals surface area contributed by atoms with E-state index in [1.165, 1.54) is 22.5 Å². The number of aromatic nitrogens is 3. The van der Waals surface area contributed by atoms with Gasteiger partial charge in [0, 0.05) is 30.3 Å². The molecule has 1 aliphatic rings. The Morgan fingerprint density at radius 1 is 1.07 bits per heavy atom. The van der Waals surface area contributed by atoms with Gasteiger partial charge in [-0.1, -0.05) is 19.9 Å². The summed E-state index contributed by atoms with van der Waals surface area (Å²) in [6.07, 6.45) is 3.72. The average molecular weight is 420 g/mol. The molecule has 4 heterocycles. The molecule has 3 aromatic heterocycles. The number of thiocarbonyl (C=S) groups is 1. The van der Waals surface area contributed by atoms with E-state index in [2.05, 4.69) is 77.6 Å². The third-order valence-electron chi connectivity index (χ3n) is 5.68. The molecule has 156 valence electrons. The van der Waals surface area contributed by atoms with Gasteiger partial charge in [-0.15, -0.1) is 0 Å². The summed E-state index contributed by atoms with van der Waals surface area (Å²) < 4.78 is 2.24. The standard InChI is InChI=1S/C24H29N5S/c1-15(2)14-28-23(22(27-24(28)30)20-8-6-7-10-25-20)19-13-17(4)29(18(19)5)21-12-16(3)9-11-26-21/h6-13,15,22-23H,14H2,1-5H3,(H,27,30). The lowest BCUT2D eigenvalue weighted by molar-refractivity contribution is 0.287. The molecule has 5 nitrogen and oxygen atoms in total. The molecule has 1 aliphatic heterocycles. The SMILES string of the molecule is Cc1ccnc(-n2c(C)cc(C3C(c4ccccn4)NC(=S)N3CC(C)C)c2C)c1. The van der Waals surface area contributed by atoms with Crippen LogP contribution in [-0.2, 0) is 0 Å². The first-order valence-electron chi connectivity index (χ1n) is 10.5. The Morgan fingerprint density at radius 3 is 2.53 bits per heavy atom. The van der Waals surface area contributed by atoms with Crippen LogP contribution in [0.25, 0.3) is 5.82 Å². The lowest BCUT2D eigenvalue weighted by atomic mass is 9.96. The molecule has 0 aliphatic carbocycles. The van der Waals surface area contributed by atoms with Gasteiger partial charge in [0.05, 0.1) is 17.8 Å². The van der Waals surface area contributed by atoms with Crippen LogP contribution >= 0.6 is 12.2 Å². The second-order valence-corrected chi connectivity index (χ2v) is 8.91. The van der Waals surface area contributed by atoms with Crippen LogP contribution in [0, 0.1) is 26.7 Å². The summed E-state index contributed by atoms with van der Waals surface area (Å²) in [6, 6.07) is 12.6. The fourth-order valence-electron chi connectivity index (χ4n) is 4.42. The van der Waals surface area contributed by atoms with Crippen LogP contribution in [-0.4, -0.2) is 31.1 Å². The Labute approximate surface area is 184 Å². The second kappa shape index (κ2) is 8.19. The Balaban J connectivity index is 1.84. The fourth-order valence-corrected chi connectivity index (χ4v) is 4.73. The topological polar surface area (TPSA) is 46.0 Å². The van der Waals surface area contributed by atoms with Crippen molar-refractivity contribution < 1.29 is 0 Å². The molecule has 30 heavy (non-hydrogen) atoms. The van der Waals surface area contributed by atoms with Gasteiger partial charge in [-0.3, -0.25) is 4.98 Å². The summed E-state index contributed by atoms with van der Waals surface area (Å²) in [6.45, 7) is 11.8. The van der Waals surface area contributed by atoms with Gasteiger partial charge in [-0.25, -0.2) is 4.98 Å². The monoisotopic (exact) mass is 419 g/mol. The molecule has 0 bridgehead atoms. The molecule has 0 radical (unpaired) electrons. The third-order valence-corrected chi connectivity index (χ3v) is 6.03. The fraction of sp³-hybridized carbons (Fsp3) is 0.375. The Hall–Kier alpha value is -2.73. The van der Waals surface area contributed by atoms with Gasteiger partial charge in [0.1, 0.15) is 5.82 Å². The minimum Gasteiger partial charge on any atom is -0.352 e. The van der Waals surface area contributed by atoms with Crippen LogP contribution in [0.2, 0.25) is 0 Å². The number of pyridine rings is 2. The van der Waals surface area contributed by atoms with Gasteiger partial charge < -0.3 is 14.8 Å². The predicted octanol–water partition coefficient (Wildman–Crippen LogP) is 4.82. The van der Waals surface area contributed by atoms with E-state index in [0.29, 0.717) is 5.92 Å². The highest BCUT2D eigenvalue weighted by Crippen LogP contribution is 2.41. The van der Waals surface area contributed by atoms with Crippen molar-refractivity contribution in [1.82, 2.24) is 24.8 Å². The van der Waals surface area contributed by atoms with Crippen molar-refractivity contribution in [2.75, 3.05) is 6.54 Å². The van der Waals surface area contributed by atoms with Crippen LogP contribution in [0.15, 0.2) is 48.8 Å². The summed E-state index contributed by atoms with van der Waals surface area (Å²) in [7, 11) is 0. The van der Waals surface area contributed by atoms with Crippen LogP contribution in [0.3, 0.4) is 0 Å². The molecule has 3 aromatic rings. The maximum atomic E-state index is 5.77. The summed E-state index contributed by atoms with van der Waals surface area (Å²) in [5.74, 6) is 1.45. The normalized spacial score (nSPS) is 18.9. The van der Waals surface area contributed by atoms with Gasteiger partial charge in [-0.2, -0.15) is 0 Å². The molecule has 4 rings (SSSR count). The van der Waals surface area contributed by atoms with Gasteiger partial charge in [0.2, 0.25) is 0 Å². The first-order valence-corrected chi connectivity index (χ1v) is 10.9. The van der Waals surface area contributed by atoms with Crippen molar-refractivity contribution in [3.63, 3.8) is 0 Å². The highest BCUT2D eigenvalue weighted by atomic mass is 32.1. The number of aryl methyl sites for hydroxylation is 2. The van der Waals surface area contributed by atoms with Crippen LogP contribution in [0.4, 0.5) is 0 Å². The zero-order chi connectivity index (χ0) is 21.4. The zero-order valence-corrected chi connectivity index (χ0v) is 19.1. The molecule has 0 amide bonds. The van der Waals surface area contributed by atoms with E-state index in [-0.39, 0.29) is 12.1 Å². The number of rotatable bonds is 5. The first-order chi connectivity index (χ1) is 14.4. The van der Waals surface area contributed by atoms with Gasteiger partial charge >= 0.3 is 0 Å². The summed E-state index contributed by atoms with van der Waals surface area (Å²) in [4.78, 5) is 11.6. The maximum absolute atomic E-state index is 5.77. The molecular weight excluding hydrogens is 390 g/mol. The predicted molar refractivity (Wildman–Crippen MR) is 125 cm³/mol. The Bertz CT molecular complexity index is 1060. The summed E-state index contributed by atoms with van der Waals surface area (Å²) in [5.41, 5.74) is 5.83.